The molecule has 0 radical (unpaired) electrons. The number of hydrogen-bond acceptors (Lipinski definition) is 3. The molecule has 0 aliphatic carbocycles. The molecule has 2 atom stereocenters. The Balaban J connectivity index is 3.23. The Labute approximate surface area is 87.4 Å². The molecular weight excluding hydrogens is 180 g/mol. The van der Waals surface area contributed by atoms with Crippen LogP contribution in [0.25, 0.3) is 0 Å². The molecule has 0 aromatic carbocycles. The zero-order valence-electron chi connectivity index (χ0n) is 9.66. The molecule has 0 fully saturated rings. The van der Waals surface area contributed by atoms with Gasteiger partial charge in [-0.15, -0.1) is 0 Å². The van der Waals surface area contributed by atoms with E-state index < -0.39 is 6.29 Å². The molecule has 0 aromatic heterocycles. The van der Waals surface area contributed by atoms with Gasteiger partial charge in [0.25, 0.3) is 0 Å². The summed E-state index contributed by atoms with van der Waals surface area (Å²) in [6.07, 6.45) is 3.60. The Kier molecular flexibility index (Phi) is 9.35. The van der Waals surface area contributed by atoms with Crippen molar-refractivity contribution in [3.63, 3.8) is 0 Å². The highest BCUT2D eigenvalue weighted by Crippen LogP contribution is 2.00. The van der Waals surface area contributed by atoms with Crippen molar-refractivity contribution in [2.45, 2.75) is 58.8 Å². The molecule has 0 aliphatic rings. The molecular formula is C11H24O3. The first kappa shape index (κ1) is 13.9. The van der Waals surface area contributed by atoms with Gasteiger partial charge in [0.2, 0.25) is 0 Å². The van der Waals surface area contributed by atoms with Crippen molar-refractivity contribution >= 4 is 0 Å². The number of aliphatic hydroxyl groups is 1. The summed E-state index contributed by atoms with van der Waals surface area (Å²) in [5, 5.41) is 9.14. The molecule has 86 valence electrons. The van der Waals surface area contributed by atoms with Gasteiger partial charge in [0.05, 0.1) is 12.7 Å². The van der Waals surface area contributed by atoms with Crippen LogP contribution < -0.4 is 0 Å². The van der Waals surface area contributed by atoms with Gasteiger partial charge >= 0.3 is 0 Å². The lowest BCUT2D eigenvalue weighted by Crippen LogP contribution is -2.21. The number of hydrogen-bond donors (Lipinski definition) is 1. The van der Waals surface area contributed by atoms with Gasteiger partial charge in [-0.2, -0.15) is 0 Å². The molecule has 0 aliphatic heterocycles. The fourth-order valence-electron chi connectivity index (χ4n) is 1.05. The van der Waals surface area contributed by atoms with Crippen molar-refractivity contribution in [3.8, 4) is 0 Å². The van der Waals surface area contributed by atoms with E-state index in [1.54, 1.807) is 0 Å². The Hall–Kier alpha value is -0.120. The second kappa shape index (κ2) is 9.44. The molecule has 0 heterocycles. The van der Waals surface area contributed by atoms with Crippen LogP contribution in [0.3, 0.4) is 0 Å². The van der Waals surface area contributed by atoms with Crippen molar-refractivity contribution < 1.29 is 14.6 Å². The second-order valence-corrected chi connectivity index (χ2v) is 3.58. The van der Waals surface area contributed by atoms with E-state index >= 15 is 0 Å². The minimum atomic E-state index is -0.642. The standard InChI is InChI=1S/C11H24O3/c1-4-6-7-8-13-10(3)9-14-11(12)5-2/h10-12H,4-9H2,1-3H3. The van der Waals surface area contributed by atoms with E-state index in [1.807, 2.05) is 13.8 Å². The first-order valence-corrected chi connectivity index (χ1v) is 5.62. The second-order valence-electron chi connectivity index (χ2n) is 3.58. The first-order chi connectivity index (χ1) is 6.70. The molecule has 0 aromatic rings. The van der Waals surface area contributed by atoms with E-state index in [1.165, 1.54) is 12.8 Å². The van der Waals surface area contributed by atoms with E-state index in [9.17, 15) is 0 Å². The molecule has 14 heavy (non-hydrogen) atoms. The van der Waals surface area contributed by atoms with Gasteiger partial charge < -0.3 is 14.6 Å². The van der Waals surface area contributed by atoms with Crippen LogP contribution in [0.15, 0.2) is 0 Å². The third-order valence-corrected chi connectivity index (χ3v) is 2.02. The van der Waals surface area contributed by atoms with Crippen LogP contribution in [0, 0.1) is 0 Å². The molecule has 0 saturated heterocycles. The highest BCUT2D eigenvalue weighted by atomic mass is 16.6. The van der Waals surface area contributed by atoms with E-state index in [0.717, 1.165) is 13.0 Å². The minimum Gasteiger partial charge on any atom is -0.376 e. The lowest BCUT2D eigenvalue weighted by atomic mass is 10.3. The Bertz CT molecular complexity index is 117. The van der Waals surface area contributed by atoms with Gasteiger partial charge in [0.15, 0.2) is 6.29 Å². The summed E-state index contributed by atoms with van der Waals surface area (Å²) in [4.78, 5) is 0. The zero-order chi connectivity index (χ0) is 10.8. The number of aliphatic hydroxyl groups excluding tert-OH is 1. The molecule has 0 rings (SSSR count). The Morgan fingerprint density at radius 3 is 2.43 bits per heavy atom. The molecule has 0 saturated carbocycles. The monoisotopic (exact) mass is 204 g/mol. The third kappa shape index (κ3) is 8.48. The molecule has 2 unspecified atom stereocenters. The summed E-state index contributed by atoms with van der Waals surface area (Å²) >= 11 is 0. The lowest BCUT2D eigenvalue weighted by molar-refractivity contribution is -0.128. The SMILES string of the molecule is CCCCCOC(C)COC(O)CC. The van der Waals surface area contributed by atoms with Crippen LogP contribution in [0.1, 0.15) is 46.5 Å². The summed E-state index contributed by atoms with van der Waals surface area (Å²) in [5.41, 5.74) is 0. The smallest absolute Gasteiger partial charge is 0.154 e. The van der Waals surface area contributed by atoms with Gasteiger partial charge in [-0.25, -0.2) is 0 Å². The molecule has 0 spiro atoms. The van der Waals surface area contributed by atoms with E-state index in [4.69, 9.17) is 14.6 Å². The summed E-state index contributed by atoms with van der Waals surface area (Å²) in [6.45, 7) is 7.29. The molecule has 3 nitrogen and oxygen atoms in total. The summed E-state index contributed by atoms with van der Waals surface area (Å²) in [5.74, 6) is 0. The van der Waals surface area contributed by atoms with Crippen molar-refractivity contribution in [3.05, 3.63) is 0 Å². The van der Waals surface area contributed by atoms with Crippen LogP contribution in [0.2, 0.25) is 0 Å². The molecule has 0 bridgehead atoms. The summed E-state index contributed by atoms with van der Waals surface area (Å²) in [7, 11) is 0. The van der Waals surface area contributed by atoms with E-state index in [2.05, 4.69) is 6.92 Å². The average Bonchev–Trinajstić information content (AvgIpc) is 2.21. The highest BCUT2D eigenvalue weighted by molar-refractivity contribution is 4.48. The van der Waals surface area contributed by atoms with Crippen molar-refractivity contribution in [2.75, 3.05) is 13.2 Å². The fourth-order valence-corrected chi connectivity index (χ4v) is 1.05. The van der Waals surface area contributed by atoms with E-state index in [0.29, 0.717) is 13.0 Å². The Morgan fingerprint density at radius 2 is 1.86 bits per heavy atom. The quantitative estimate of drug-likeness (QED) is 0.463. The highest BCUT2D eigenvalue weighted by Gasteiger charge is 2.05. The maximum atomic E-state index is 9.14. The zero-order valence-corrected chi connectivity index (χ0v) is 9.66. The van der Waals surface area contributed by atoms with Crippen LogP contribution in [-0.2, 0) is 9.47 Å². The average molecular weight is 204 g/mol. The van der Waals surface area contributed by atoms with Crippen LogP contribution in [-0.4, -0.2) is 30.7 Å². The number of ether oxygens (including phenoxy) is 2. The van der Waals surface area contributed by atoms with Crippen molar-refractivity contribution in [1.29, 1.82) is 0 Å². The maximum Gasteiger partial charge on any atom is 0.154 e. The van der Waals surface area contributed by atoms with Gasteiger partial charge in [0.1, 0.15) is 0 Å². The predicted molar refractivity (Wildman–Crippen MR) is 57.2 cm³/mol. The predicted octanol–water partition coefficient (Wildman–Crippen LogP) is 2.33. The molecule has 1 N–H and O–H groups in total. The van der Waals surface area contributed by atoms with Gasteiger partial charge in [-0.1, -0.05) is 26.7 Å². The van der Waals surface area contributed by atoms with Crippen LogP contribution in [0.4, 0.5) is 0 Å². The molecule has 3 heteroatoms. The summed E-state index contributed by atoms with van der Waals surface area (Å²) < 4.78 is 10.6. The first-order valence-electron chi connectivity index (χ1n) is 5.62. The molecule has 0 amide bonds. The normalized spacial score (nSPS) is 15.4. The van der Waals surface area contributed by atoms with E-state index in [-0.39, 0.29) is 6.10 Å². The summed E-state index contributed by atoms with van der Waals surface area (Å²) in [6, 6.07) is 0. The van der Waals surface area contributed by atoms with Crippen LogP contribution >= 0.6 is 0 Å². The van der Waals surface area contributed by atoms with Crippen LogP contribution in [0.5, 0.6) is 0 Å². The van der Waals surface area contributed by atoms with Crippen molar-refractivity contribution in [1.82, 2.24) is 0 Å². The topological polar surface area (TPSA) is 38.7 Å². The van der Waals surface area contributed by atoms with Gasteiger partial charge in [-0.05, 0) is 19.8 Å². The minimum absolute atomic E-state index is 0.0769. The largest absolute Gasteiger partial charge is 0.376 e. The van der Waals surface area contributed by atoms with Crippen molar-refractivity contribution in [2.24, 2.45) is 0 Å². The number of unbranched alkanes of at least 4 members (excludes halogenated alkanes) is 2. The maximum absolute atomic E-state index is 9.14. The van der Waals surface area contributed by atoms with Gasteiger partial charge in [-0.3, -0.25) is 0 Å². The third-order valence-electron chi connectivity index (χ3n) is 2.02. The number of rotatable bonds is 9. The van der Waals surface area contributed by atoms with Gasteiger partial charge in [0, 0.05) is 6.61 Å². The lowest BCUT2D eigenvalue weighted by Gasteiger charge is -2.15. The fraction of sp³-hybridized carbons (Fsp3) is 1.00. The Morgan fingerprint density at radius 1 is 1.14 bits per heavy atom.